The Hall–Kier alpha value is -2.08. The maximum atomic E-state index is 10.4. The number of likely N-dealkylation sites (N-methyl/N-ethyl adjacent to an activating group) is 1. The zero-order valence-electron chi connectivity index (χ0n) is 15.0. The Kier molecular flexibility index (Phi) is 4.03. The molecule has 0 aromatic carbocycles. The van der Waals surface area contributed by atoms with Gasteiger partial charge in [-0.3, -0.25) is 0 Å². The van der Waals surface area contributed by atoms with Crippen molar-refractivity contribution in [3.05, 3.63) is 46.5 Å². The minimum atomic E-state index is -0.944. The smallest absolute Gasteiger partial charge is 0.197 e. The first-order valence-corrected chi connectivity index (χ1v) is 7.97. The third-order valence-corrected chi connectivity index (χ3v) is 4.78. The second-order valence-corrected chi connectivity index (χ2v) is 6.72. The van der Waals surface area contributed by atoms with E-state index >= 15 is 0 Å². The quantitative estimate of drug-likeness (QED) is 0.848. The van der Waals surface area contributed by atoms with E-state index < -0.39 is 5.60 Å². The lowest BCUT2D eigenvalue weighted by atomic mass is 9.88. The van der Waals surface area contributed by atoms with Crippen LogP contribution < -0.4 is 0 Å². The van der Waals surface area contributed by atoms with Crippen LogP contribution in [-0.4, -0.2) is 56.1 Å². The van der Waals surface area contributed by atoms with Gasteiger partial charge >= 0.3 is 0 Å². The molecule has 1 unspecified atom stereocenters. The highest BCUT2D eigenvalue weighted by Crippen LogP contribution is 2.45. The van der Waals surface area contributed by atoms with Crippen molar-refractivity contribution >= 4 is 0 Å². The van der Waals surface area contributed by atoms with Crippen molar-refractivity contribution in [2.75, 3.05) is 28.4 Å². The summed E-state index contributed by atoms with van der Waals surface area (Å²) in [5.74, 6) is 2.87. The molecule has 1 N–H and O–H groups in total. The lowest BCUT2D eigenvalue weighted by Gasteiger charge is -2.38. The zero-order valence-corrected chi connectivity index (χ0v) is 15.0. The van der Waals surface area contributed by atoms with Crippen LogP contribution in [0.5, 0.6) is 0 Å². The standard InChI is InChI=1S/C18H25NO5/c1-18(2,20)13-9-11-15(22-5)10-7-8-12(21-4)16(23-6)14(10)19(3)17(11)24-13/h7-8,13-14,20H,9H2,1-6H3/t13-,14?/m0/s1. The van der Waals surface area contributed by atoms with E-state index in [9.17, 15) is 5.11 Å². The van der Waals surface area contributed by atoms with Gasteiger partial charge in [0.2, 0.25) is 0 Å². The molecule has 2 atom stereocenters. The summed E-state index contributed by atoms with van der Waals surface area (Å²) in [6, 6.07) is -0.191. The minimum Gasteiger partial charge on any atom is -0.496 e. The van der Waals surface area contributed by atoms with Crippen LogP contribution in [0.1, 0.15) is 20.3 Å². The van der Waals surface area contributed by atoms with Crippen molar-refractivity contribution in [1.29, 1.82) is 0 Å². The number of rotatable bonds is 4. The Morgan fingerprint density at radius 3 is 2.42 bits per heavy atom. The number of hydrogen-bond acceptors (Lipinski definition) is 6. The average Bonchev–Trinajstić information content (AvgIpc) is 3.00. The maximum absolute atomic E-state index is 10.4. The lowest BCUT2D eigenvalue weighted by Crippen LogP contribution is -2.41. The van der Waals surface area contributed by atoms with Crippen LogP contribution >= 0.6 is 0 Å². The van der Waals surface area contributed by atoms with Crippen LogP contribution in [0.25, 0.3) is 0 Å². The van der Waals surface area contributed by atoms with Crippen LogP contribution in [0.4, 0.5) is 0 Å². The van der Waals surface area contributed by atoms with Gasteiger partial charge in [-0.25, -0.2) is 0 Å². The van der Waals surface area contributed by atoms with Crippen molar-refractivity contribution in [3.8, 4) is 0 Å². The predicted octanol–water partition coefficient (Wildman–Crippen LogP) is 2.05. The molecule has 0 amide bonds. The van der Waals surface area contributed by atoms with Gasteiger partial charge in [0.25, 0.3) is 0 Å². The van der Waals surface area contributed by atoms with Gasteiger partial charge in [0.05, 0.1) is 32.5 Å². The molecule has 1 aliphatic carbocycles. The first-order valence-electron chi connectivity index (χ1n) is 7.97. The van der Waals surface area contributed by atoms with E-state index in [0.717, 1.165) is 16.9 Å². The molecule has 6 nitrogen and oxygen atoms in total. The first-order chi connectivity index (χ1) is 11.3. The Labute approximate surface area is 142 Å². The molecule has 0 saturated carbocycles. The Morgan fingerprint density at radius 2 is 1.88 bits per heavy atom. The lowest BCUT2D eigenvalue weighted by molar-refractivity contribution is -0.0664. The zero-order chi connectivity index (χ0) is 17.6. The van der Waals surface area contributed by atoms with Crippen molar-refractivity contribution in [2.24, 2.45) is 0 Å². The largest absolute Gasteiger partial charge is 0.496 e. The third-order valence-electron chi connectivity index (χ3n) is 4.78. The van der Waals surface area contributed by atoms with E-state index in [1.54, 1.807) is 35.2 Å². The van der Waals surface area contributed by atoms with Gasteiger partial charge in [0.1, 0.15) is 17.9 Å². The molecule has 0 aromatic heterocycles. The van der Waals surface area contributed by atoms with Gasteiger partial charge in [-0.2, -0.15) is 0 Å². The summed E-state index contributed by atoms with van der Waals surface area (Å²) in [5, 5.41) is 10.4. The molecule has 0 bridgehead atoms. The number of methoxy groups -OCH3 is 3. The topological polar surface area (TPSA) is 60.4 Å². The van der Waals surface area contributed by atoms with E-state index in [1.165, 1.54) is 0 Å². The minimum absolute atomic E-state index is 0.191. The third kappa shape index (κ3) is 2.36. The second-order valence-electron chi connectivity index (χ2n) is 6.72. The second kappa shape index (κ2) is 5.77. The fourth-order valence-electron chi connectivity index (χ4n) is 3.51. The van der Waals surface area contributed by atoms with Crippen molar-refractivity contribution < 1.29 is 24.1 Å². The fraction of sp³-hybridized carbons (Fsp3) is 0.556. The molecule has 0 fully saturated rings. The first kappa shape index (κ1) is 16.8. The van der Waals surface area contributed by atoms with E-state index in [0.29, 0.717) is 23.8 Å². The van der Waals surface area contributed by atoms with E-state index in [1.807, 2.05) is 24.1 Å². The number of allylic oxidation sites excluding steroid dienone is 2. The molecule has 6 heteroatoms. The van der Waals surface area contributed by atoms with Gasteiger partial charge in [0.15, 0.2) is 17.4 Å². The average molecular weight is 335 g/mol. The molecule has 0 aromatic rings. The summed E-state index contributed by atoms with van der Waals surface area (Å²) < 4.78 is 22.8. The van der Waals surface area contributed by atoms with Crippen LogP contribution in [0, 0.1) is 0 Å². The molecular weight excluding hydrogens is 310 g/mol. The number of aliphatic hydroxyl groups is 1. The highest BCUT2D eigenvalue weighted by Gasteiger charge is 2.46. The highest BCUT2D eigenvalue weighted by atomic mass is 16.5. The van der Waals surface area contributed by atoms with E-state index in [2.05, 4.69) is 0 Å². The molecular formula is C18H25NO5. The molecule has 0 spiro atoms. The summed E-state index contributed by atoms with van der Waals surface area (Å²) in [5.41, 5.74) is 1.02. The van der Waals surface area contributed by atoms with E-state index in [4.69, 9.17) is 18.9 Å². The summed E-state index contributed by atoms with van der Waals surface area (Å²) in [6.07, 6.45) is 4.14. The molecule has 2 heterocycles. The van der Waals surface area contributed by atoms with Crippen molar-refractivity contribution in [3.63, 3.8) is 0 Å². The molecule has 24 heavy (non-hydrogen) atoms. The Bertz CT molecular complexity index is 665. The number of fused-ring (bicyclic) bond motifs is 1. The molecule has 132 valence electrons. The number of hydrogen-bond donors (Lipinski definition) is 1. The summed E-state index contributed by atoms with van der Waals surface area (Å²) in [6.45, 7) is 3.51. The molecule has 0 radical (unpaired) electrons. The van der Waals surface area contributed by atoms with Gasteiger partial charge in [0, 0.05) is 19.0 Å². The molecule has 3 rings (SSSR count). The van der Waals surface area contributed by atoms with Crippen LogP contribution in [0.2, 0.25) is 0 Å². The maximum Gasteiger partial charge on any atom is 0.197 e. The SMILES string of the molecule is COC1=C(OC)C2C(=C(OC)C3=C(O[C@H](C(C)(C)O)C3)N2C)C=C1. The molecule has 2 aliphatic heterocycles. The number of nitrogens with zero attached hydrogens (tertiary/aromatic N) is 1. The van der Waals surface area contributed by atoms with Gasteiger partial charge in [-0.15, -0.1) is 0 Å². The highest BCUT2D eigenvalue weighted by molar-refractivity contribution is 5.53. The van der Waals surface area contributed by atoms with Gasteiger partial charge in [-0.1, -0.05) is 0 Å². The van der Waals surface area contributed by atoms with Crippen molar-refractivity contribution in [1.82, 2.24) is 4.90 Å². The molecule has 0 saturated heterocycles. The number of ether oxygens (including phenoxy) is 4. The van der Waals surface area contributed by atoms with Crippen molar-refractivity contribution in [2.45, 2.75) is 38.0 Å². The molecule has 3 aliphatic rings. The monoisotopic (exact) mass is 335 g/mol. The Morgan fingerprint density at radius 1 is 1.17 bits per heavy atom. The summed E-state index contributed by atoms with van der Waals surface area (Å²) in [7, 11) is 6.85. The predicted molar refractivity (Wildman–Crippen MR) is 88.6 cm³/mol. The normalized spacial score (nSPS) is 26.4. The Balaban J connectivity index is 2.08. The van der Waals surface area contributed by atoms with E-state index in [-0.39, 0.29) is 12.1 Å². The van der Waals surface area contributed by atoms with Crippen LogP contribution in [0.3, 0.4) is 0 Å². The summed E-state index contributed by atoms with van der Waals surface area (Å²) in [4.78, 5) is 2.01. The van der Waals surface area contributed by atoms with Gasteiger partial charge < -0.3 is 29.0 Å². The van der Waals surface area contributed by atoms with Crippen LogP contribution in [-0.2, 0) is 18.9 Å². The fourth-order valence-corrected chi connectivity index (χ4v) is 3.51. The summed E-state index contributed by atoms with van der Waals surface area (Å²) >= 11 is 0. The van der Waals surface area contributed by atoms with Crippen LogP contribution in [0.15, 0.2) is 46.5 Å². The van der Waals surface area contributed by atoms with Gasteiger partial charge in [-0.05, 0) is 26.0 Å².